The number of likely N-dealkylation sites (N-methyl/N-ethyl adjacent to an activating group) is 1. The van der Waals surface area contributed by atoms with Gasteiger partial charge in [0.1, 0.15) is 0 Å². The fraction of sp³-hybridized carbons (Fsp3) is 0.560. The molecule has 2 fully saturated rings. The van der Waals surface area contributed by atoms with Crippen molar-refractivity contribution in [3.63, 3.8) is 0 Å². The van der Waals surface area contributed by atoms with Gasteiger partial charge in [0.05, 0.1) is 0 Å². The lowest BCUT2D eigenvalue weighted by atomic mass is 10.1. The van der Waals surface area contributed by atoms with Crippen molar-refractivity contribution < 1.29 is 0 Å². The molecule has 29 heavy (non-hydrogen) atoms. The number of anilines is 1. The van der Waals surface area contributed by atoms with Crippen molar-refractivity contribution in [2.24, 2.45) is 0 Å². The molecule has 156 valence electrons. The van der Waals surface area contributed by atoms with Gasteiger partial charge >= 0.3 is 0 Å². The Labute approximate surface area is 176 Å². The van der Waals surface area contributed by atoms with E-state index in [0.717, 1.165) is 26.2 Å². The van der Waals surface area contributed by atoms with Crippen molar-refractivity contribution in [2.75, 3.05) is 37.6 Å². The summed E-state index contributed by atoms with van der Waals surface area (Å²) >= 11 is 0. The predicted molar refractivity (Wildman–Crippen MR) is 121 cm³/mol. The Morgan fingerprint density at radius 2 is 1.83 bits per heavy atom. The Kier molecular flexibility index (Phi) is 7.18. The Morgan fingerprint density at radius 1 is 0.966 bits per heavy atom. The zero-order valence-corrected chi connectivity index (χ0v) is 18.0. The van der Waals surface area contributed by atoms with Crippen molar-refractivity contribution >= 4 is 5.69 Å². The van der Waals surface area contributed by atoms with Crippen molar-refractivity contribution in [1.82, 2.24) is 14.8 Å². The maximum atomic E-state index is 4.35. The molecule has 1 aromatic carbocycles. The van der Waals surface area contributed by atoms with E-state index in [2.05, 4.69) is 63.0 Å². The lowest BCUT2D eigenvalue weighted by Gasteiger charge is -2.34. The molecule has 1 aromatic heterocycles. The molecule has 3 heterocycles. The summed E-state index contributed by atoms with van der Waals surface area (Å²) in [5.74, 6) is 0. The maximum Gasteiger partial charge on any atom is 0.0411 e. The van der Waals surface area contributed by atoms with Crippen LogP contribution in [0.25, 0.3) is 0 Å². The number of benzene rings is 1. The number of nitrogens with zero attached hydrogens (tertiary/aromatic N) is 4. The van der Waals surface area contributed by atoms with Crippen LogP contribution in [0.1, 0.15) is 50.2 Å². The molecule has 4 nitrogen and oxygen atoms in total. The third-order valence-electron chi connectivity index (χ3n) is 6.59. The summed E-state index contributed by atoms with van der Waals surface area (Å²) in [5.41, 5.74) is 4.23. The molecule has 0 saturated carbocycles. The number of para-hydroxylation sites is 1. The monoisotopic (exact) mass is 392 g/mol. The Balaban J connectivity index is 1.53. The van der Waals surface area contributed by atoms with E-state index in [0.29, 0.717) is 6.04 Å². The number of piperidine rings is 1. The average molecular weight is 393 g/mol. The predicted octanol–water partition coefficient (Wildman–Crippen LogP) is 4.56. The average Bonchev–Trinajstić information content (AvgIpc) is 3.22. The van der Waals surface area contributed by atoms with E-state index in [1.807, 2.05) is 12.4 Å². The van der Waals surface area contributed by atoms with Crippen LogP contribution in [-0.4, -0.2) is 53.5 Å². The third kappa shape index (κ3) is 5.37. The van der Waals surface area contributed by atoms with Crippen LogP contribution in [0.5, 0.6) is 0 Å². The largest absolute Gasteiger partial charge is 0.371 e. The van der Waals surface area contributed by atoms with Gasteiger partial charge in [-0.05, 0) is 68.5 Å². The molecule has 2 aliphatic rings. The lowest BCUT2D eigenvalue weighted by Crippen LogP contribution is -2.40. The van der Waals surface area contributed by atoms with Gasteiger partial charge < -0.3 is 4.90 Å². The van der Waals surface area contributed by atoms with Crippen molar-refractivity contribution in [3.8, 4) is 0 Å². The van der Waals surface area contributed by atoms with Crippen LogP contribution in [0.15, 0.2) is 48.8 Å². The molecule has 0 N–H and O–H groups in total. The summed E-state index contributed by atoms with van der Waals surface area (Å²) in [7, 11) is 0. The molecule has 0 bridgehead atoms. The van der Waals surface area contributed by atoms with E-state index in [9.17, 15) is 0 Å². The van der Waals surface area contributed by atoms with Crippen LogP contribution in [0.4, 0.5) is 5.69 Å². The number of likely N-dealkylation sites (tertiary alicyclic amines) is 1. The lowest BCUT2D eigenvalue weighted by molar-refractivity contribution is 0.166. The van der Waals surface area contributed by atoms with E-state index >= 15 is 0 Å². The quantitative estimate of drug-likeness (QED) is 0.657. The number of hydrogen-bond acceptors (Lipinski definition) is 4. The minimum absolute atomic E-state index is 0.679. The van der Waals surface area contributed by atoms with Crippen LogP contribution in [0.2, 0.25) is 0 Å². The summed E-state index contributed by atoms with van der Waals surface area (Å²) in [4.78, 5) is 12.3. The molecule has 2 saturated heterocycles. The first-order valence-electron chi connectivity index (χ1n) is 11.5. The first kappa shape index (κ1) is 20.4. The van der Waals surface area contributed by atoms with Gasteiger partial charge in [0.25, 0.3) is 0 Å². The highest BCUT2D eigenvalue weighted by Crippen LogP contribution is 2.27. The van der Waals surface area contributed by atoms with Crippen LogP contribution in [0, 0.1) is 0 Å². The number of aromatic nitrogens is 1. The van der Waals surface area contributed by atoms with E-state index in [1.54, 1.807) is 0 Å². The van der Waals surface area contributed by atoms with Gasteiger partial charge in [-0.25, -0.2) is 0 Å². The smallest absolute Gasteiger partial charge is 0.0411 e. The zero-order chi connectivity index (χ0) is 19.9. The van der Waals surface area contributed by atoms with Crippen molar-refractivity contribution in [1.29, 1.82) is 0 Å². The summed E-state index contributed by atoms with van der Waals surface area (Å²) in [6, 6.07) is 14.0. The SMILES string of the molecule is CCN1CCC[C@H]1CN(Cc1cccnc1)Cc1ccccc1N1CCCCC1. The van der Waals surface area contributed by atoms with E-state index < -0.39 is 0 Å². The number of rotatable bonds is 8. The van der Waals surface area contributed by atoms with Crippen LogP contribution in [0.3, 0.4) is 0 Å². The van der Waals surface area contributed by atoms with Crippen LogP contribution < -0.4 is 4.90 Å². The fourth-order valence-corrected chi connectivity index (χ4v) is 5.08. The minimum atomic E-state index is 0.679. The Bertz CT molecular complexity index is 741. The molecule has 4 heteroatoms. The summed E-state index contributed by atoms with van der Waals surface area (Å²) in [6.07, 6.45) is 10.6. The third-order valence-corrected chi connectivity index (χ3v) is 6.59. The van der Waals surface area contributed by atoms with Gasteiger partial charge in [0.15, 0.2) is 0 Å². The van der Waals surface area contributed by atoms with E-state index in [1.165, 1.54) is 68.6 Å². The summed E-state index contributed by atoms with van der Waals surface area (Å²) in [5, 5.41) is 0. The van der Waals surface area contributed by atoms with E-state index in [-0.39, 0.29) is 0 Å². The molecule has 1 atom stereocenters. The molecular weight excluding hydrogens is 356 g/mol. The normalized spacial score (nSPS) is 20.5. The molecule has 2 aliphatic heterocycles. The second-order valence-corrected chi connectivity index (χ2v) is 8.63. The van der Waals surface area contributed by atoms with Crippen molar-refractivity contribution in [2.45, 2.75) is 58.2 Å². The van der Waals surface area contributed by atoms with E-state index in [4.69, 9.17) is 0 Å². The minimum Gasteiger partial charge on any atom is -0.371 e. The molecule has 4 rings (SSSR count). The molecule has 2 aromatic rings. The highest BCUT2D eigenvalue weighted by molar-refractivity contribution is 5.54. The van der Waals surface area contributed by atoms with Crippen molar-refractivity contribution in [3.05, 3.63) is 59.9 Å². The molecule has 0 unspecified atom stereocenters. The van der Waals surface area contributed by atoms with Gasteiger partial charge in [-0.2, -0.15) is 0 Å². The highest BCUT2D eigenvalue weighted by Gasteiger charge is 2.26. The van der Waals surface area contributed by atoms with Gasteiger partial charge in [0.2, 0.25) is 0 Å². The first-order chi connectivity index (χ1) is 14.3. The van der Waals surface area contributed by atoms with Gasteiger partial charge in [-0.15, -0.1) is 0 Å². The van der Waals surface area contributed by atoms with Gasteiger partial charge in [0, 0.05) is 56.8 Å². The van der Waals surface area contributed by atoms with Gasteiger partial charge in [-0.3, -0.25) is 14.8 Å². The molecule has 0 spiro atoms. The first-order valence-corrected chi connectivity index (χ1v) is 11.5. The second-order valence-electron chi connectivity index (χ2n) is 8.63. The molecule has 0 aliphatic carbocycles. The van der Waals surface area contributed by atoms with Crippen LogP contribution >= 0.6 is 0 Å². The maximum absolute atomic E-state index is 4.35. The molecular formula is C25H36N4. The fourth-order valence-electron chi connectivity index (χ4n) is 5.08. The molecule has 0 amide bonds. The molecule has 0 radical (unpaired) electrons. The zero-order valence-electron chi connectivity index (χ0n) is 18.0. The Morgan fingerprint density at radius 3 is 2.62 bits per heavy atom. The topological polar surface area (TPSA) is 22.6 Å². The highest BCUT2D eigenvalue weighted by atomic mass is 15.2. The number of pyridine rings is 1. The Hall–Kier alpha value is -1.91. The second kappa shape index (κ2) is 10.2. The summed E-state index contributed by atoms with van der Waals surface area (Å²) < 4.78 is 0. The number of hydrogen-bond donors (Lipinski definition) is 0. The standard InChI is InChI=1S/C25H36N4/c1-2-28-17-9-12-24(28)21-27(19-22-10-8-14-26-18-22)20-23-11-4-5-13-25(23)29-15-6-3-7-16-29/h4-5,8,10-11,13-14,18,24H,2-3,6-7,9,12,15-17,19-21H2,1H3/t24-/m0/s1. The summed E-state index contributed by atoms with van der Waals surface area (Å²) in [6.45, 7) is 10.2. The van der Waals surface area contributed by atoms with Gasteiger partial charge in [-0.1, -0.05) is 31.2 Å². The van der Waals surface area contributed by atoms with Crippen LogP contribution in [-0.2, 0) is 13.1 Å².